The Morgan fingerprint density at radius 3 is 2.61 bits per heavy atom. The van der Waals surface area contributed by atoms with Crippen molar-refractivity contribution >= 4 is 11.8 Å². The number of hydrogen-bond donors (Lipinski definition) is 1. The van der Waals surface area contributed by atoms with Crippen LogP contribution in [0.1, 0.15) is 68.4 Å². The summed E-state index contributed by atoms with van der Waals surface area (Å²) in [5.74, 6) is 9.20. The predicted octanol–water partition coefficient (Wildman–Crippen LogP) is 3.88. The highest BCUT2D eigenvalue weighted by atomic mass is 32.2. The summed E-state index contributed by atoms with van der Waals surface area (Å²) >= 11 is 1.41. The Labute approximate surface area is 168 Å². The van der Waals surface area contributed by atoms with Crippen LogP contribution in [0.4, 0.5) is 0 Å². The van der Waals surface area contributed by atoms with Gasteiger partial charge in [-0.05, 0) is 37.0 Å². The Bertz CT molecular complexity index is 890. The molecule has 1 atom stereocenters. The number of rotatable bonds is 9. The highest BCUT2D eigenvalue weighted by Gasteiger charge is 2.20. The molecule has 0 aliphatic rings. The Morgan fingerprint density at radius 1 is 1.18 bits per heavy atom. The van der Waals surface area contributed by atoms with Crippen LogP contribution in [0.5, 0.6) is 5.75 Å². The highest BCUT2D eigenvalue weighted by Crippen LogP contribution is 2.32. The van der Waals surface area contributed by atoms with E-state index in [0.717, 1.165) is 24.4 Å². The molecule has 9 heteroatoms. The van der Waals surface area contributed by atoms with E-state index in [2.05, 4.69) is 53.2 Å². The standard InChI is InChI=1S/C19H26N6O2S/c1-5-6-16-21-18(27-24-16)13(4)28-19-23-22-17(25(19)20)11-26-15-9-7-14(8-10-15)12(2)3/h7-10,12-13H,5-6,11,20H2,1-4H3. The molecule has 3 aromatic rings. The van der Waals surface area contributed by atoms with Gasteiger partial charge in [-0.15, -0.1) is 10.2 Å². The second-order valence-corrected chi connectivity index (χ2v) is 8.15. The van der Waals surface area contributed by atoms with E-state index < -0.39 is 0 Å². The zero-order chi connectivity index (χ0) is 20.1. The first-order valence-electron chi connectivity index (χ1n) is 9.39. The smallest absolute Gasteiger partial charge is 0.239 e. The quantitative estimate of drug-likeness (QED) is 0.425. The van der Waals surface area contributed by atoms with Gasteiger partial charge in [0, 0.05) is 6.42 Å². The summed E-state index contributed by atoms with van der Waals surface area (Å²) in [7, 11) is 0. The largest absolute Gasteiger partial charge is 0.486 e. The Hall–Kier alpha value is -2.55. The van der Waals surface area contributed by atoms with Gasteiger partial charge >= 0.3 is 0 Å². The van der Waals surface area contributed by atoms with Gasteiger partial charge in [-0.2, -0.15) is 4.98 Å². The first kappa shape index (κ1) is 20.2. The van der Waals surface area contributed by atoms with Crippen molar-refractivity contribution in [3.8, 4) is 5.75 Å². The number of ether oxygens (including phenoxy) is 1. The molecule has 3 rings (SSSR count). The topological polar surface area (TPSA) is 105 Å². The van der Waals surface area contributed by atoms with Crippen molar-refractivity contribution in [2.24, 2.45) is 0 Å². The van der Waals surface area contributed by atoms with E-state index in [1.165, 1.54) is 22.0 Å². The van der Waals surface area contributed by atoms with E-state index in [-0.39, 0.29) is 11.9 Å². The van der Waals surface area contributed by atoms with Gasteiger partial charge in [-0.1, -0.05) is 49.8 Å². The van der Waals surface area contributed by atoms with Gasteiger partial charge in [-0.3, -0.25) is 0 Å². The molecule has 1 aromatic carbocycles. The summed E-state index contributed by atoms with van der Waals surface area (Å²) in [6.07, 6.45) is 1.77. The molecule has 8 nitrogen and oxygen atoms in total. The molecule has 0 spiro atoms. The summed E-state index contributed by atoms with van der Waals surface area (Å²) < 4.78 is 12.5. The third kappa shape index (κ3) is 4.83. The van der Waals surface area contributed by atoms with Gasteiger partial charge in [0.25, 0.3) is 0 Å². The van der Waals surface area contributed by atoms with E-state index in [1.54, 1.807) is 0 Å². The zero-order valence-corrected chi connectivity index (χ0v) is 17.4. The average Bonchev–Trinajstić information content (AvgIpc) is 3.28. The van der Waals surface area contributed by atoms with Crippen LogP contribution in [0, 0.1) is 0 Å². The van der Waals surface area contributed by atoms with Crippen LogP contribution in [0.3, 0.4) is 0 Å². The minimum atomic E-state index is -0.0815. The first-order chi connectivity index (χ1) is 13.5. The van der Waals surface area contributed by atoms with Crippen LogP contribution in [-0.2, 0) is 13.0 Å². The molecule has 2 N–H and O–H groups in total. The third-order valence-corrected chi connectivity index (χ3v) is 5.28. The van der Waals surface area contributed by atoms with Crippen molar-refractivity contribution in [3.05, 3.63) is 47.4 Å². The first-order valence-corrected chi connectivity index (χ1v) is 10.3. The average molecular weight is 403 g/mol. The predicted molar refractivity (Wildman–Crippen MR) is 108 cm³/mol. The Kier molecular flexibility index (Phi) is 6.56. The molecule has 0 amide bonds. The molecule has 0 bridgehead atoms. The second-order valence-electron chi connectivity index (χ2n) is 6.84. The molecule has 0 saturated carbocycles. The third-order valence-electron chi connectivity index (χ3n) is 4.24. The summed E-state index contributed by atoms with van der Waals surface area (Å²) in [5.41, 5.74) is 1.27. The van der Waals surface area contributed by atoms with Crippen LogP contribution >= 0.6 is 11.8 Å². The van der Waals surface area contributed by atoms with Gasteiger partial charge in [0.05, 0.1) is 5.25 Å². The number of benzene rings is 1. The molecule has 150 valence electrons. The summed E-state index contributed by atoms with van der Waals surface area (Å²) in [6, 6.07) is 8.03. The van der Waals surface area contributed by atoms with Crippen molar-refractivity contribution < 1.29 is 9.26 Å². The van der Waals surface area contributed by atoms with E-state index in [0.29, 0.717) is 22.8 Å². The molecule has 1 unspecified atom stereocenters. The zero-order valence-electron chi connectivity index (χ0n) is 16.6. The normalized spacial score (nSPS) is 12.5. The second kappa shape index (κ2) is 9.09. The van der Waals surface area contributed by atoms with E-state index in [4.69, 9.17) is 15.1 Å². The van der Waals surface area contributed by atoms with Crippen molar-refractivity contribution in [3.63, 3.8) is 0 Å². The number of thioether (sulfide) groups is 1. The molecule has 0 saturated heterocycles. The maximum Gasteiger partial charge on any atom is 0.239 e. The van der Waals surface area contributed by atoms with E-state index in [1.807, 2.05) is 19.1 Å². The number of nitrogens with two attached hydrogens (primary N) is 1. The lowest BCUT2D eigenvalue weighted by Gasteiger charge is -2.09. The number of nitrogens with zero attached hydrogens (tertiary/aromatic N) is 5. The van der Waals surface area contributed by atoms with Crippen LogP contribution < -0.4 is 10.6 Å². The lowest BCUT2D eigenvalue weighted by atomic mass is 10.0. The Balaban J connectivity index is 1.59. The van der Waals surface area contributed by atoms with Crippen LogP contribution in [-0.4, -0.2) is 25.0 Å². The van der Waals surface area contributed by atoms with Crippen molar-refractivity contribution in [1.29, 1.82) is 0 Å². The summed E-state index contributed by atoms with van der Waals surface area (Å²) in [6.45, 7) is 8.60. The molecule has 0 fully saturated rings. The fourth-order valence-corrected chi connectivity index (χ4v) is 3.37. The fraction of sp³-hybridized carbons (Fsp3) is 0.474. The minimum absolute atomic E-state index is 0.0815. The van der Waals surface area contributed by atoms with Crippen molar-refractivity contribution in [1.82, 2.24) is 25.0 Å². The van der Waals surface area contributed by atoms with E-state index >= 15 is 0 Å². The summed E-state index contributed by atoms with van der Waals surface area (Å²) in [4.78, 5) is 4.41. The molecular formula is C19H26N6O2S. The SMILES string of the molecule is CCCc1noc(C(C)Sc2nnc(COc3ccc(C(C)C)cc3)n2N)n1. The minimum Gasteiger partial charge on any atom is -0.486 e. The van der Waals surface area contributed by atoms with Gasteiger partial charge < -0.3 is 15.1 Å². The van der Waals surface area contributed by atoms with Gasteiger partial charge in [0.15, 0.2) is 11.6 Å². The van der Waals surface area contributed by atoms with Gasteiger partial charge in [-0.25, -0.2) is 4.68 Å². The number of aromatic nitrogens is 5. The highest BCUT2D eigenvalue weighted by molar-refractivity contribution is 7.99. The number of aryl methyl sites for hydroxylation is 1. The lowest BCUT2D eigenvalue weighted by molar-refractivity contribution is 0.291. The molecule has 2 aromatic heterocycles. The van der Waals surface area contributed by atoms with Gasteiger partial charge in [0.2, 0.25) is 11.0 Å². The Morgan fingerprint density at radius 2 is 1.93 bits per heavy atom. The number of hydrogen-bond acceptors (Lipinski definition) is 8. The number of nitrogen functional groups attached to an aromatic ring is 1. The maximum atomic E-state index is 6.13. The fourth-order valence-electron chi connectivity index (χ4n) is 2.55. The van der Waals surface area contributed by atoms with Crippen LogP contribution in [0.15, 0.2) is 33.9 Å². The molecule has 0 radical (unpaired) electrons. The van der Waals surface area contributed by atoms with E-state index in [9.17, 15) is 0 Å². The molecular weight excluding hydrogens is 376 g/mol. The molecule has 28 heavy (non-hydrogen) atoms. The summed E-state index contributed by atoms with van der Waals surface area (Å²) in [5, 5.41) is 12.8. The maximum absolute atomic E-state index is 6.13. The van der Waals surface area contributed by atoms with Crippen molar-refractivity contribution in [2.75, 3.05) is 5.84 Å². The van der Waals surface area contributed by atoms with Crippen LogP contribution in [0.2, 0.25) is 0 Å². The van der Waals surface area contributed by atoms with Gasteiger partial charge in [0.1, 0.15) is 12.4 Å². The molecule has 2 heterocycles. The monoisotopic (exact) mass is 402 g/mol. The molecule has 0 aliphatic heterocycles. The molecule has 0 aliphatic carbocycles. The van der Waals surface area contributed by atoms with Crippen molar-refractivity contribution in [2.45, 2.75) is 63.5 Å². The van der Waals surface area contributed by atoms with Crippen LogP contribution in [0.25, 0.3) is 0 Å². The lowest BCUT2D eigenvalue weighted by Crippen LogP contribution is -2.16.